The number of benzene rings is 1. The van der Waals surface area contributed by atoms with Gasteiger partial charge < -0.3 is 5.32 Å². The second kappa shape index (κ2) is 5.77. The summed E-state index contributed by atoms with van der Waals surface area (Å²) in [5, 5.41) is 8.00. The number of carbonyl (C=O) groups is 1. The van der Waals surface area contributed by atoms with Gasteiger partial charge in [0.1, 0.15) is 0 Å². The lowest BCUT2D eigenvalue weighted by Crippen LogP contribution is -2.35. The topological polar surface area (TPSA) is 89.3 Å². The molecule has 116 valence electrons. The molecule has 3 N–H and O–H groups in total. The van der Waals surface area contributed by atoms with Crippen LogP contribution in [0.25, 0.3) is 0 Å². The van der Waals surface area contributed by atoms with Crippen molar-refractivity contribution < 1.29 is 13.2 Å². The Labute approximate surface area is 126 Å². The Morgan fingerprint density at radius 2 is 2.14 bits per heavy atom. The lowest BCUT2D eigenvalue weighted by molar-refractivity contribution is -0.127. The van der Waals surface area contributed by atoms with Gasteiger partial charge in [-0.05, 0) is 36.0 Å². The maximum Gasteiger partial charge on any atom is 0.238 e. The van der Waals surface area contributed by atoms with Gasteiger partial charge in [0.15, 0.2) is 0 Å². The average Bonchev–Trinajstić information content (AvgIpc) is 2.75. The van der Waals surface area contributed by atoms with Crippen LogP contribution in [0.1, 0.15) is 38.7 Å². The molecule has 1 amide bonds. The van der Waals surface area contributed by atoms with Crippen molar-refractivity contribution in [3.05, 3.63) is 29.8 Å². The predicted molar refractivity (Wildman–Crippen MR) is 80.8 cm³/mol. The third-order valence-electron chi connectivity index (χ3n) is 4.27. The standard InChI is InChI=1S/C15H22N2O3S/c1-15(2)8-4-7-13(15)14(18)17-10-11-5-3-6-12(9-11)21(16,19)20/h3,5-6,9,13H,4,7-8,10H2,1-2H3,(H,17,18)(H2,16,19,20). The maximum atomic E-state index is 12.3. The van der Waals surface area contributed by atoms with Gasteiger partial charge in [0.2, 0.25) is 15.9 Å². The monoisotopic (exact) mass is 310 g/mol. The predicted octanol–water partition coefficient (Wildman–Crippen LogP) is 1.78. The SMILES string of the molecule is CC1(C)CCCC1C(=O)NCc1cccc(S(N)(=O)=O)c1. The van der Waals surface area contributed by atoms with E-state index in [0.29, 0.717) is 6.54 Å². The highest BCUT2D eigenvalue weighted by atomic mass is 32.2. The molecule has 1 aliphatic rings. The molecule has 0 aliphatic heterocycles. The molecular formula is C15H22N2O3S. The van der Waals surface area contributed by atoms with Crippen molar-refractivity contribution in [3.63, 3.8) is 0 Å². The quantitative estimate of drug-likeness (QED) is 0.888. The van der Waals surface area contributed by atoms with E-state index in [1.165, 1.54) is 12.1 Å². The Morgan fingerprint density at radius 1 is 1.43 bits per heavy atom. The fourth-order valence-electron chi connectivity index (χ4n) is 2.96. The van der Waals surface area contributed by atoms with Crippen LogP contribution in [0.2, 0.25) is 0 Å². The van der Waals surface area contributed by atoms with E-state index in [-0.39, 0.29) is 22.1 Å². The summed E-state index contributed by atoms with van der Waals surface area (Å²) >= 11 is 0. The highest BCUT2D eigenvalue weighted by Crippen LogP contribution is 2.42. The van der Waals surface area contributed by atoms with Crippen LogP contribution in [0.5, 0.6) is 0 Å². The van der Waals surface area contributed by atoms with Gasteiger partial charge in [0.25, 0.3) is 0 Å². The minimum Gasteiger partial charge on any atom is -0.352 e. The van der Waals surface area contributed by atoms with Gasteiger partial charge in [-0.3, -0.25) is 4.79 Å². The fraction of sp³-hybridized carbons (Fsp3) is 0.533. The van der Waals surface area contributed by atoms with E-state index < -0.39 is 10.0 Å². The molecule has 1 unspecified atom stereocenters. The summed E-state index contributed by atoms with van der Waals surface area (Å²) in [4.78, 5) is 12.3. The summed E-state index contributed by atoms with van der Waals surface area (Å²) in [5.41, 5.74) is 0.762. The van der Waals surface area contributed by atoms with Crippen molar-refractivity contribution in [2.24, 2.45) is 16.5 Å². The molecule has 5 nitrogen and oxygen atoms in total. The summed E-state index contributed by atoms with van der Waals surface area (Å²) in [5.74, 6) is 0.0671. The van der Waals surface area contributed by atoms with E-state index in [0.717, 1.165) is 24.8 Å². The average molecular weight is 310 g/mol. The molecule has 1 atom stereocenters. The fourth-order valence-corrected chi connectivity index (χ4v) is 3.54. The molecule has 0 heterocycles. The van der Waals surface area contributed by atoms with Crippen molar-refractivity contribution in [2.45, 2.75) is 44.6 Å². The van der Waals surface area contributed by atoms with Gasteiger partial charge in [-0.15, -0.1) is 0 Å². The van der Waals surface area contributed by atoms with Crippen molar-refractivity contribution in [1.29, 1.82) is 0 Å². The zero-order valence-electron chi connectivity index (χ0n) is 12.4. The Kier molecular flexibility index (Phi) is 4.39. The van der Waals surface area contributed by atoms with E-state index in [9.17, 15) is 13.2 Å². The molecule has 2 rings (SSSR count). The van der Waals surface area contributed by atoms with Crippen LogP contribution in [0.3, 0.4) is 0 Å². The normalized spacial score (nSPS) is 21.2. The van der Waals surface area contributed by atoms with Crippen LogP contribution in [-0.2, 0) is 21.4 Å². The Bertz CT molecular complexity index is 638. The number of rotatable bonds is 4. The molecule has 21 heavy (non-hydrogen) atoms. The van der Waals surface area contributed by atoms with Gasteiger partial charge >= 0.3 is 0 Å². The Morgan fingerprint density at radius 3 is 2.71 bits per heavy atom. The van der Waals surface area contributed by atoms with E-state index in [4.69, 9.17) is 5.14 Å². The Hall–Kier alpha value is -1.40. The van der Waals surface area contributed by atoms with Gasteiger partial charge in [-0.1, -0.05) is 32.4 Å². The van der Waals surface area contributed by atoms with Crippen molar-refractivity contribution in [1.82, 2.24) is 5.32 Å². The third kappa shape index (κ3) is 3.83. The summed E-state index contributed by atoms with van der Waals surface area (Å²) in [6, 6.07) is 6.34. The van der Waals surface area contributed by atoms with Crippen molar-refractivity contribution >= 4 is 15.9 Å². The van der Waals surface area contributed by atoms with Crippen LogP contribution >= 0.6 is 0 Å². The van der Waals surface area contributed by atoms with Crippen LogP contribution in [-0.4, -0.2) is 14.3 Å². The summed E-state index contributed by atoms with van der Waals surface area (Å²) < 4.78 is 22.6. The molecule has 1 aromatic rings. The number of hydrogen-bond acceptors (Lipinski definition) is 3. The zero-order chi connectivity index (χ0) is 15.7. The van der Waals surface area contributed by atoms with Gasteiger partial charge in [-0.2, -0.15) is 0 Å². The summed E-state index contributed by atoms with van der Waals surface area (Å²) in [6.45, 7) is 4.55. The first kappa shape index (κ1) is 16.0. The number of carbonyl (C=O) groups excluding carboxylic acids is 1. The van der Waals surface area contributed by atoms with Gasteiger partial charge in [0.05, 0.1) is 4.90 Å². The molecule has 0 bridgehead atoms. The number of amides is 1. The van der Waals surface area contributed by atoms with E-state index in [1.54, 1.807) is 12.1 Å². The van der Waals surface area contributed by atoms with Gasteiger partial charge in [0, 0.05) is 12.5 Å². The minimum atomic E-state index is -3.71. The lowest BCUT2D eigenvalue weighted by Gasteiger charge is -2.25. The number of primary sulfonamides is 1. The first-order chi connectivity index (χ1) is 9.70. The second-order valence-electron chi connectivity index (χ2n) is 6.34. The number of nitrogens with two attached hydrogens (primary N) is 1. The Balaban J connectivity index is 2.02. The molecular weight excluding hydrogens is 288 g/mol. The number of sulfonamides is 1. The van der Waals surface area contributed by atoms with E-state index in [1.807, 2.05) is 0 Å². The highest BCUT2D eigenvalue weighted by molar-refractivity contribution is 7.89. The van der Waals surface area contributed by atoms with Crippen LogP contribution in [0.4, 0.5) is 0 Å². The summed E-state index contributed by atoms with van der Waals surface area (Å²) in [6.07, 6.45) is 3.05. The maximum absolute atomic E-state index is 12.3. The molecule has 0 spiro atoms. The number of nitrogens with one attached hydrogen (secondary N) is 1. The van der Waals surface area contributed by atoms with Crippen LogP contribution in [0, 0.1) is 11.3 Å². The molecule has 0 radical (unpaired) electrons. The minimum absolute atomic E-state index is 0.0268. The van der Waals surface area contributed by atoms with Crippen LogP contribution in [0.15, 0.2) is 29.2 Å². The molecule has 1 saturated carbocycles. The molecule has 0 saturated heterocycles. The third-order valence-corrected chi connectivity index (χ3v) is 5.18. The zero-order valence-corrected chi connectivity index (χ0v) is 13.2. The first-order valence-electron chi connectivity index (χ1n) is 7.09. The lowest BCUT2D eigenvalue weighted by atomic mass is 9.81. The van der Waals surface area contributed by atoms with Crippen molar-refractivity contribution in [3.8, 4) is 0 Å². The summed E-state index contributed by atoms with van der Waals surface area (Å²) in [7, 11) is -3.71. The smallest absolute Gasteiger partial charge is 0.238 e. The highest BCUT2D eigenvalue weighted by Gasteiger charge is 2.38. The molecule has 6 heteroatoms. The second-order valence-corrected chi connectivity index (χ2v) is 7.91. The van der Waals surface area contributed by atoms with Crippen LogP contribution < -0.4 is 10.5 Å². The molecule has 0 aromatic heterocycles. The molecule has 1 fully saturated rings. The van der Waals surface area contributed by atoms with Gasteiger partial charge in [-0.25, -0.2) is 13.6 Å². The largest absolute Gasteiger partial charge is 0.352 e. The van der Waals surface area contributed by atoms with Crippen molar-refractivity contribution in [2.75, 3.05) is 0 Å². The van der Waals surface area contributed by atoms with E-state index >= 15 is 0 Å². The molecule has 1 aliphatic carbocycles. The first-order valence-corrected chi connectivity index (χ1v) is 8.64. The number of hydrogen-bond donors (Lipinski definition) is 2. The molecule has 1 aromatic carbocycles. The van der Waals surface area contributed by atoms with E-state index in [2.05, 4.69) is 19.2 Å².